The van der Waals surface area contributed by atoms with Gasteiger partial charge in [-0.25, -0.2) is 0 Å². The highest BCUT2D eigenvalue weighted by atomic mass is 32.7. The number of allylic oxidation sites excluding steroid dienone is 2. The topological polar surface area (TPSA) is 0 Å². The van der Waals surface area contributed by atoms with Gasteiger partial charge in [0, 0.05) is 0 Å². The fourth-order valence-corrected chi connectivity index (χ4v) is 2.60. The molecule has 0 spiro atoms. The average Bonchev–Trinajstić information content (AvgIpc) is 1.84. The molecule has 2 heteroatoms. The van der Waals surface area contributed by atoms with E-state index in [1.807, 2.05) is 0 Å². The van der Waals surface area contributed by atoms with Crippen LogP contribution in [-0.2, 0) is 0 Å². The SMILES string of the molecule is C[P]1(S)CC=CC1. The van der Waals surface area contributed by atoms with Crippen LogP contribution >= 0.6 is 18.7 Å². The van der Waals surface area contributed by atoms with Gasteiger partial charge in [-0.3, -0.25) is 0 Å². The second-order valence-electron chi connectivity index (χ2n) is 2.18. The van der Waals surface area contributed by atoms with E-state index < -0.39 is 6.46 Å². The molecule has 0 atom stereocenters. The molecule has 1 rings (SSSR count). The van der Waals surface area contributed by atoms with Crippen LogP contribution in [0.15, 0.2) is 12.2 Å². The van der Waals surface area contributed by atoms with Crippen molar-refractivity contribution >= 4 is 18.7 Å². The fraction of sp³-hybridized carbons (Fsp3) is 0.600. The van der Waals surface area contributed by atoms with E-state index >= 15 is 0 Å². The summed E-state index contributed by atoms with van der Waals surface area (Å²) in [6.07, 6.45) is 6.97. The zero-order valence-corrected chi connectivity index (χ0v) is 6.25. The van der Waals surface area contributed by atoms with Gasteiger partial charge in [-0.1, -0.05) is 18.6 Å². The third-order valence-corrected chi connectivity index (χ3v) is 4.14. The molecule has 0 saturated carbocycles. The Morgan fingerprint density at radius 3 is 2.00 bits per heavy atom. The molecule has 0 aromatic rings. The second kappa shape index (κ2) is 1.80. The number of hydrogen-bond acceptors (Lipinski definition) is 1. The zero-order chi connectivity index (χ0) is 5.33. The maximum absolute atomic E-state index is 4.50. The molecule has 0 unspecified atom stereocenters. The molecule has 1 radical (unpaired) electrons. The molecule has 0 aromatic heterocycles. The lowest BCUT2D eigenvalue weighted by molar-refractivity contribution is 1.78. The molecule has 0 aromatic carbocycles. The normalized spacial score (nSPS) is 26.0. The van der Waals surface area contributed by atoms with Gasteiger partial charge in [-0.2, -0.15) is 12.2 Å². The third-order valence-electron chi connectivity index (χ3n) is 1.16. The molecule has 0 saturated heterocycles. The van der Waals surface area contributed by atoms with Crippen LogP contribution in [0.1, 0.15) is 0 Å². The van der Waals surface area contributed by atoms with Crippen molar-refractivity contribution in [1.29, 1.82) is 0 Å². The van der Waals surface area contributed by atoms with Crippen molar-refractivity contribution in [3.8, 4) is 0 Å². The van der Waals surface area contributed by atoms with Crippen molar-refractivity contribution in [1.82, 2.24) is 0 Å². The van der Waals surface area contributed by atoms with E-state index in [0.717, 1.165) is 0 Å². The van der Waals surface area contributed by atoms with Crippen LogP contribution < -0.4 is 0 Å². The first kappa shape index (κ1) is 5.65. The Morgan fingerprint density at radius 2 is 1.86 bits per heavy atom. The zero-order valence-electron chi connectivity index (χ0n) is 4.46. The Hall–Kier alpha value is 0.520. The summed E-state index contributed by atoms with van der Waals surface area (Å²) in [6, 6.07) is 0. The minimum Gasteiger partial charge on any atom is -0.156 e. The molecule has 41 valence electrons. The van der Waals surface area contributed by atoms with Crippen LogP contribution in [0.3, 0.4) is 0 Å². The number of hydrogen-bond donors (Lipinski definition) is 1. The summed E-state index contributed by atoms with van der Waals surface area (Å²) >= 11 is 4.50. The van der Waals surface area contributed by atoms with E-state index in [1.54, 1.807) is 0 Å². The minimum atomic E-state index is -0.710. The molecule has 0 aliphatic carbocycles. The van der Waals surface area contributed by atoms with Crippen molar-refractivity contribution in [2.24, 2.45) is 0 Å². The summed E-state index contributed by atoms with van der Waals surface area (Å²) in [6.45, 7) is 1.56. The molecule has 0 amide bonds. The van der Waals surface area contributed by atoms with Crippen LogP contribution in [0.4, 0.5) is 0 Å². The van der Waals surface area contributed by atoms with E-state index in [9.17, 15) is 0 Å². The predicted octanol–water partition coefficient (Wildman–Crippen LogP) is 2.05. The Bertz CT molecular complexity index is 86.3. The minimum absolute atomic E-state index is 0.710. The molecular weight excluding hydrogens is 123 g/mol. The van der Waals surface area contributed by atoms with Crippen LogP contribution in [0.5, 0.6) is 0 Å². The summed E-state index contributed by atoms with van der Waals surface area (Å²) in [5.74, 6) is 0. The van der Waals surface area contributed by atoms with Crippen molar-refractivity contribution in [2.45, 2.75) is 0 Å². The molecule has 0 fully saturated rings. The summed E-state index contributed by atoms with van der Waals surface area (Å²) in [7, 11) is 0. The van der Waals surface area contributed by atoms with Gasteiger partial charge in [-0.05, 0) is 19.0 Å². The Morgan fingerprint density at radius 1 is 1.43 bits per heavy atom. The van der Waals surface area contributed by atoms with E-state index in [0.29, 0.717) is 0 Å². The van der Waals surface area contributed by atoms with Crippen molar-refractivity contribution in [2.75, 3.05) is 19.0 Å². The van der Waals surface area contributed by atoms with Crippen molar-refractivity contribution in [3.05, 3.63) is 12.2 Å². The highest BCUT2D eigenvalue weighted by molar-refractivity contribution is 8.53. The Kier molecular flexibility index (Phi) is 1.45. The molecule has 0 nitrogen and oxygen atoms in total. The highest BCUT2D eigenvalue weighted by Crippen LogP contribution is 2.62. The maximum Gasteiger partial charge on any atom is -0.00942 e. The summed E-state index contributed by atoms with van der Waals surface area (Å²) in [5.41, 5.74) is 0. The van der Waals surface area contributed by atoms with Gasteiger partial charge in [-0.15, -0.1) is 0 Å². The third kappa shape index (κ3) is 1.47. The molecule has 1 heterocycles. The molecule has 0 N–H and O–H groups in total. The lowest BCUT2D eigenvalue weighted by Gasteiger charge is -2.16. The van der Waals surface area contributed by atoms with Crippen LogP contribution in [0, 0.1) is 0 Å². The van der Waals surface area contributed by atoms with Gasteiger partial charge in [0.1, 0.15) is 0 Å². The first-order valence-electron chi connectivity index (χ1n) is 2.43. The highest BCUT2D eigenvalue weighted by Gasteiger charge is 2.15. The molecular formula is C5H10PS. The van der Waals surface area contributed by atoms with Crippen LogP contribution in [0.25, 0.3) is 0 Å². The first-order valence-corrected chi connectivity index (χ1v) is 6.19. The Balaban J connectivity index is 2.49. The van der Waals surface area contributed by atoms with E-state index in [2.05, 4.69) is 31.1 Å². The van der Waals surface area contributed by atoms with Gasteiger partial charge in [0.05, 0.1) is 0 Å². The summed E-state index contributed by atoms with van der Waals surface area (Å²) in [4.78, 5) is 0. The Labute approximate surface area is 50.5 Å². The summed E-state index contributed by atoms with van der Waals surface area (Å²) in [5, 5.41) is 0. The standard InChI is InChI=1S/C5H10PS/c1-6(7)4-2-3-5-6/h2-3,7H,4-5H2,1H3. The lowest BCUT2D eigenvalue weighted by atomic mass is 10.6. The molecule has 1 aliphatic rings. The van der Waals surface area contributed by atoms with Gasteiger partial charge >= 0.3 is 0 Å². The quantitative estimate of drug-likeness (QED) is 0.292. The van der Waals surface area contributed by atoms with Crippen LogP contribution in [0.2, 0.25) is 0 Å². The smallest absolute Gasteiger partial charge is 0.00942 e. The average molecular weight is 133 g/mol. The lowest BCUT2D eigenvalue weighted by Crippen LogP contribution is -1.80. The number of rotatable bonds is 0. The molecule has 7 heavy (non-hydrogen) atoms. The number of thiol groups is 1. The molecule has 0 bridgehead atoms. The van der Waals surface area contributed by atoms with Gasteiger partial charge < -0.3 is 0 Å². The van der Waals surface area contributed by atoms with Crippen LogP contribution in [-0.4, -0.2) is 19.0 Å². The monoisotopic (exact) mass is 133 g/mol. The van der Waals surface area contributed by atoms with Gasteiger partial charge in [0.2, 0.25) is 0 Å². The van der Waals surface area contributed by atoms with E-state index in [4.69, 9.17) is 0 Å². The first-order chi connectivity index (χ1) is 3.21. The maximum atomic E-state index is 4.50. The fourth-order valence-electron chi connectivity index (χ4n) is 0.678. The summed E-state index contributed by atoms with van der Waals surface area (Å²) < 4.78 is 0. The molecule has 1 aliphatic heterocycles. The van der Waals surface area contributed by atoms with E-state index in [-0.39, 0.29) is 0 Å². The van der Waals surface area contributed by atoms with Gasteiger partial charge in [0.15, 0.2) is 0 Å². The van der Waals surface area contributed by atoms with E-state index in [1.165, 1.54) is 12.3 Å². The second-order valence-corrected chi connectivity index (χ2v) is 8.48. The largest absolute Gasteiger partial charge is 0.156 e. The van der Waals surface area contributed by atoms with Crippen molar-refractivity contribution in [3.63, 3.8) is 0 Å². The predicted molar refractivity (Wildman–Crippen MR) is 40.7 cm³/mol. The van der Waals surface area contributed by atoms with Gasteiger partial charge in [0.25, 0.3) is 0 Å². The van der Waals surface area contributed by atoms with Crippen molar-refractivity contribution < 1.29 is 0 Å².